The summed E-state index contributed by atoms with van der Waals surface area (Å²) in [6.45, 7) is 4.25. The Morgan fingerprint density at radius 2 is 1.38 bits per heavy atom. The highest BCUT2D eigenvalue weighted by atomic mass is 16.5. The number of esters is 2. The van der Waals surface area contributed by atoms with Gasteiger partial charge in [-0.15, -0.1) is 0 Å². The van der Waals surface area contributed by atoms with E-state index in [1.54, 1.807) is 0 Å². The summed E-state index contributed by atoms with van der Waals surface area (Å²) in [6.07, 6.45) is 0.763. The van der Waals surface area contributed by atoms with Crippen molar-refractivity contribution < 1.29 is 19.1 Å². The minimum Gasteiger partial charge on any atom is -0.461 e. The van der Waals surface area contributed by atoms with Gasteiger partial charge in [0.2, 0.25) is 0 Å². The van der Waals surface area contributed by atoms with Gasteiger partial charge in [-0.2, -0.15) is 0 Å². The van der Waals surface area contributed by atoms with E-state index in [4.69, 9.17) is 9.47 Å². The minimum absolute atomic E-state index is 0.221. The van der Waals surface area contributed by atoms with Gasteiger partial charge in [0.15, 0.2) is 0 Å². The van der Waals surface area contributed by atoms with Gasteiger partial charge in [-0.3, -0.25) is 4.79 Å². The van der Waals surface area contributed by atoms with Gasteiger partial charge in [0.25, 0.3) is 0 Å². The van der Waals surface area contributed by atoms with Crippen molar-refractivity contribution in [2.24, 2.45) is 0 Å². The van der Waals surface area contributed by atoms with Gasteiger partial charge >= 0.3 is 11.9 Å². The predicted octanol–water partition coefficient (Wildman–Crippen LogP) is 4.66. The standard InChI is InChI=1S/C24H25NO4/c1-17-21(13-14-22(26)28-15-19-9-5-3-6-10-19)18(2)25-23(17)24(27)29-16-20-11-7-4-8-12-20/h3-12,25H,13-16H2,1-2H3. The number of hydrogen-bond donors (Lipinski definition) is 1. The number of ether oxygens (including phenoxy) is 2. The van der Waals surface area contributed by atoms with E-state index in [9.17, 15) is 9.59 Å². The molecule has 0 amide bonds. The SMILES string of the molecule is Cc1[nH]c(C(=O)OCc2ccccc2)c(C)c1CCC(=O)OCc1ccccc1. The van der Waals surface area contributed by atoms with Crippen LogP contribution in [0.15, 0.2) is 60.7 Å². The van der Waals surface area contributed by atoms with Gasteiger partial charge in [0.05, 0.1) is 0 Å². The quantitative estimate of drug-likeness (QED) is 0.567. The Morgan fingerprint density at radius 1 is 0.828 bits per heavy atom. The molecular formula is C24H25NO4. The predicted molar refractivity (Wildman–Crippen MR) is 110 cm³/mol. The second-order valence-electron chi connectivity index (χ2n) is 6.94. The lowest BCUT2D eigenvalue weighted by atomic mass is 10.0. The van der Waals surface area contributed by atoms with Crippen molar-refractivity contribution in [2.75, 3.05) is 0 Å². The van der Waals surface area contributed by atoms with Crippen molar-refractivity contribution in [1.29, 1.82) is 0 Å². The van der Waals surface area contributed by atoms with Crippen LogP contribution < -0.4 is 0 Å². The van der Waals surface area contributed by atoms with Crippen LogP contribution in [-0.4, -0.2) is 16.9 Å². The second-order valence-corrected chi connectivity index (χ2v) is 6.94. The van der Waals surface area contributed by atoms with E-state index in [2.05, 4.69) is 4.98 Å². The third-order valence-electron chi connectivity index (χ3n) is 4.83. The number of benzene rings is 2. The molecule has 3 rings (SSSR count). The van der Waals surface area contributed by atoms with Crippen LogP contribution in [0.4, 0.5) is 0 Å². The smallest absolute Gasteiger partial charge is 0.355 e. The summed E-state index contributed by atoms with van der Waals surface area (Å²) in [4.78, 5) is 27.6. The van der Waals surface area contributed by atoms with Crippen LogP contribution in [-0.2, 0) is 33.9 Å². The van der Waals surface area contributed by atoms with Crippen molar-refractivity contribution in [2.45, 2.75) is 39.9 Å². The van der Waals surface area contributed by atoms with E-state index >= 15 is 0 Å². The van der Waals surface area contributed by atoms with Crippen LogP contribution in [0.1, 0.15) is 44.9 Å². The van der Waals surface area contributed by atoms with Gasteiger partial charge in [-0.25, -0.2) is 4.79 Å². The number of rotatable bonds is 8. The summed E-state index contributed by atoms with van der Waals surface area (Å²) in [5.41, 5.74) is 4.96. The number of aromatic amines is 1. The molecule has 0 bridgehead atoms. The van der Waals surface area contributed by atoms with Crippen molar-refractivity contribution in [1.82, 2.24) is 4.98 Å². The molecule has 1 aromatic heterocycles. The monoisotopic (exact) mass is 391 g/mol. The fraction of sp³-hybridized carbons (Fsp3) is 0.250. The normalized spacial score (nSPS) is 10.6. The lowest BCUT2D eigenvalue weighted by Gasteiger charge is -2.06. The van der Waals surface area contributed by atoms with E-state index in [-0.39, 0.29) is 25.6 Å². The third-order valence-corrected chi connectivity index (χ3v) is 4.83. The maximum atomic E-state index is 12.5. The molecule has 29 heavy (non-hydrogen) atoms. The number of hydrogen-bond acceptors (Lipinski definition) is 4. The largest absolute Gasteiger partial charge is 0.461 e. The topological polar surface area (TPSA) is 68.4 Å². The molecule has 2 aromatic carbocycles. The number of nitrogens with one attached hydrogen (secondary N) is 1. The molecule has 0 fully saturated rings. The van der Waals surface area contributed by atoms with Gasteiger partial charge in [-0.1, -0.05) is 60.7 Å². The van der Waals surface area contributed by atoms with E-state index in [0.29, 0.717) is 12.1 Å². The Morgan fingerprint density at radius 3 is 1.97 bits per heavy atom. The van der Waals surface area contributed by atoms with Crippen LogP contribution in [0, 0.1) is 13.8 Å². The Labute approximate surface area is 170 Å². The zero-order valence-corrected chi connectivity index (χ0v) is 16.7. The van der Waals surface area contributed by atoms with Crippen molar-refractivity contribution >= 4 is 11.9 Å². The minimum atomic E-state index is -0.396. The molecule has 0 atom stereocenters. The second kappa shape index (κ2) is 9.73. The van der Waals surface area contributed by atoms with Gasteiger partial charge in [0, 0.05) is 12.1 Å². The van der Waals surface area contributed by atoms with Gasteiger partial charge in [0.1, 0.15) is 18.9 Å². The van der Waals surface area contributed by atoms with Gasteiger partial charge in [-0.05, 0) is 42.5 Å². The molecule has 0 aliphatic carbocycles. The number of carbonyl (C=O) groups is 2. The molecule has 3 aromatic rings. The fourth-order valence-corrected chi connectivity index (χ4v) is 3.20. The summed E-state index contributed by atoms with van der Waals surface area (Å²) in [6, 6.07) is 19.1. The molecule has 0 saturated heterocycles. The maximum absolute atomic E-state index is 12.5. The zero-order valence-electron chi connectivity index (χ0n) is 16.7. The highest BCUT2D eigenvalue weighted by molar-refractivity contribution is 5.90. The Kier molecular flexibility index (Phi) is 6.85. The molecule has 5 heteroatoms. The molecule has 0 aliphatic rings. The number of aromatic nitrogens is 1. The first kappa shape index (κ1) is 20.4. The first-order chi connectivity index (χ1) is 14.0. The molecule has 1 N–H and O–H groups in total. The number of H-pyrrole nitrogens is 1. The third kappa shape index (κ3) is 5.57. The molecule has 5 nitrogen and oxygen atoms in total. The molecule has 150 valence electrons. The summed E-state index contributed by atoms with van der Waals surface area (Å²) < 4.78 is 10.7. The first-order valence-corrected chi connectivity index (χ1v) is 9.63. The Balaban J connectivity index is 1.54. The van der Waals surface area contributed by atoms with E-state index < -0.39 is 5.97 Å². The van der Waals surface area contributed by atoms with Crippen LogP contribution in [0.2, 0.25) is 0 Å². The van der Waals surface area contributed by atoms with E-state index in [0.717, 1.165) is 27.9 Å². The summed E-state index contributed by atoms with van der Waals surface area (Å²) in [5.74, 6) is -0.658. The summed E-state index contributed by atoms with van der Waals surface area (Å²) in [7, 11) is 0. The highest BCUT2D eigenvalue weighted by Crippen LogP contribution is 2.21. The van der Waals surface area contributed by atoms with Crippen molar-refractivity contribution in [3.05, 3.63) is 94.3 Å². The molecule has 0 spiro atoms. The maximum Gasteiger partial charge on any atom is 0.355 e. The molecule has 1 heterocycles. The van der Waals surface area contributed by atoms with Crippen LogP contribution in [0.3, 0.4) is 0 Å². The average molecular weight is 391 g/mol. The molecule has 0 saturated carbocycles. The van der Waals surface area contributed by atoms with E-state index in [1.807, 2.05) is 74.5 Å². The average Bonchev–Trinajstić information content (AvgIpc) is 3.04. The van der Waals surface area contributed by atoms with Crippen molar-refractivity contribution in [3.63, 3.8) is 0 Å². The van der Waals surface area contributed by atoms with Crippen LogP contribution in [0.25, 0.3) is 0 Å². The van der Waals surface area contributed by atoms with Gasteiger partial charge < -0.3 is 14.5 Å². The van der Waals surface area contributed by atoms with Crippen LogP contribution >= 0.6 is 0 Å². The number of aryl methyl sites for hydroxylation is 1. The molecule has 0 radical (unpaired) electrons. The Hall–Kier alpha value is -3.34. The lowest BCUT2D eigenvalue weighted by Crippen LogP contribution is -2.08. The summed E-state index contributed by atoms with van der Waals surface area (Å²) in [5, 5.41) is 0. The molecule has 0 aliphatic heterocycles. The molecular weight excluding hydrogens is 366 g/mol. The summed E-state index contributed by atoms with van der Waals surface area (Å²) >= 11 is 0. The van der Waals surface area contributed by atoms with Crippen LogP contribution in [0.5, 0.6) is 0 Å². The molecule has 0 unspecified atom stereocenters. The van der Waals surface area contributed by atoms with Crippen molar-refractivity contribution in [3.8, 4) is 0 Å². The Bertz CT molecular complexity index is 961. The zero-order chi connectivity index (χ0) is 20.6. The lowest BCUT2D eigenvalue weighted by molar-refractivity contribution is -0.144. The van der Waals surface area contributed by atoms with E-state index in [1.165, 1.54) is 0 Å². The fourth-order valence-electron chi connectivity index (χ4n) is 3.20. The number of carbonyl (C=O) groups excluding carboxylic acids is 2. The highest BCUT2D eigenvalue weighted by Gasteiger charge is 2.19. The first-order valence-electron chi connectivity index (χ1n) is 9.63.